The normalized spacial score (nSPS) is 34.4. The van der Waals surface area contributed by atoms with E-state index in [0.717, 1.165) is 0 Å². The maximum atomic E-state index is 10.5. The lowest BCUT2D eigenvalue weighted by molar-refractivity contribution is -0.0958. The van der Waals surface area contributed by atoms with E-state index in [1.165, 1.54) is 24.1 Å². The summed E-state index contributed by atoms with van der Waals surface area (Å²) in [6.45, 7) is 1.40. The van der Waals surface area contributed by atoms with Gasteiger partial charge in [-0.25, -0.2) is 15.0 Å². The summed E-state index contributed by atoms with van der Waals surface area (Å²) in [5.41, 5.74) is 3.52. The Morgan fingerprint density at radius 2 is 2.19 bits per heavy atom. The summed E-state index contributed by atoms with van der Waals surface area (Å²) in [5.74, 6) is 0.197. The van der Waals surface area contributed by atoms with E-state index in [4.69, 9.17) is 10.5 Å². The van der Waals surface area contributed by atoms with Crippen molar-refractivity contribution in [2.24, 2.45) is 0 Å². The van der Waals surface area contributed by atoms with Crippen molar-refractivity contribution in [3.8, 4) is 0 Å². The number of aromatic nitrogens is 4. The first kappa shape index (κ1) is 14.5. The largest absolute Gasteiger partial charge is 0.387 e. The number of anilines is 1. The Morgan fingerprint density at radius 1 is 1.48 bits per heavy atom. The van der Waals surface area contributed by atoms with Crippen molar-refractivity contribution in [1.82, 2.24) is 19.5 Å². The predicted octanol–water partition coefficient (Wildman–Crippen LogP) is -1.33. The number of hydrogen-bond donors (Lipinski definition) is 5. The lowest BCUT2D eigenvalue weighted by Crippen LogP contribution is -2.45. The van der Waals surface area contributed by atoms with Gasteiger partial charge in [-0.3, -0.25) is 4.57 Å². The molecule has 5 atom stereocenters. The molecule has 2 aromatic heterocycles. The molecule has 1 saturated heterocycles. The van der Waals surface area contributed by atoms with E-state index in [1.807, 2.05) is 0 Å². The SMILES string of the molecule is CC1(O)C(O)C(C(O)S)OC1n1cnc2c(N)ncnc21. The molecular formula is C11H15N5O4S. The summed E-state index contributed by atoms with van der Waals surface area (Å²) in [7, 11) is 0. The molecule has 0 bridgehead atoms. The van der Waals surface area contributed by atoms with Crippen molar-refractivity contribution in [3.63, 3.8) is 0 Å². The highest BCUT2D eigenvalue weighted by Crippen LogP contribution is 2.41. The zero-order chi connectivity index (χ0) is 15.4. The molecular weight excluding hydrogens is 298 g/mol. The molecule has 114 valence electrons. The third-order valence-corrected chi connectivity index (χ3v) is 3.92. The van der Waals surface area contributed by atoms with Crippen molar-refractivity contribution in [3.05, 3.63) is 12.7 Å². The molecule has 0 radical (unpaired) electrons. The Hall–Kier alpha value is -1.46. The number of imidazole rings is 1. The number of nitrogens with zero attached hydrogens (tertiary/aromatic N) is 4. The topological polar surface area (TPSA) is 140 Å². The van der Waals surface area contributed by atoms with Gasteiger partial charge in [0, 0.05) is 0 Å². The van der Waals surface area contributed by atoms with Gasteiger partial charge in [0.05, 0.1) is 6.33 Å². The van der Waals surface area contributed by atoms with E-state index in [1.54, 1.807) is 0 Å². The minimum absolute atomic E-state index is 0.197. The van der Waals surface area contributed by atoms with E-state index >= 15 is 0 Å². The molecule has 21 heavy (non-hydrogen) atoms. The molecule has 9 nitrogen and oxygen atoms in total. The molecule has 3 rings (SSSR count). The molecule has 0 spiro atoms. The summed E-state index contributed by atoms with van der Waals surface area (Å²) >= 11 is 3.85. The number of ether oxygens (including phenoxy) is 1. The van der Waals surface area contributed by atoms with Crippen molar-refractivity contribution < 1.29 is 20.1 Å². The lowest BCUT2D eigenvalue weighted by Gasteiger charge is -2.27. The van der Waals surface area contributed by atoms with Gasteiger partial charge in [-0.15, -0.1) is 12.6 Å². The smallest absolute Gasteiger partial charge is 0.168 e. The maximum Gasteiger partial charge on any atom is 0.168 e. The second kappa shape index (κ2) is 4.78. The molecule has 3 heterocycles. The van der Waals surface area contributed by atoms with Crippen LogP contribution in [0.4, 0.5) is 5.82 Å². The van der Waals surface area contributed by atoms with Gasteiger partial charge >= 0.3 is 0 Å². The van der Waals surface area contributed by atoms with Gasteiger partial charge in [-0.1, -0.05) is 0 Å². The van der Waals surface area contributed by atoms with Crippen LogP contribution in [0.15, 0.2) is 12.7 Å². The van der Waals surface area contributed by atoms with Crippen molar-refractivity contribution in [2.45, 2.75) is 36.4 Å². The molecule has 0 aliphatic carbocycles. The summed E-state index contributed by atoms with van der Waals surface area (Å²) in [6, 6.07) is 0. The highest BCUT2D eigenvalue weighted by atomic mass is 32.1. The number of nitrogen functional groups attached to an aromatic ring is 1. The Labute approximate surface area is 124 Å². The lowest BCUT2D eigenvalue weighted by atomic mass is 9.96. The van der Waals surface area contributed by atoms with Crippen LogP contribution in [0.3, 0.4) is 0 Å². The molecule has 0 amide bonds. The van der Waals surface area contributed by atoms with E-state index in [2.05, 4.69) is 27.6 Å². The van der Waals surface area contributed by atoms with Gasteiger partial charge in [0.2, 0.25) is 0 Å². The maximum absolute atomic E-state index is 10.5. The van der Waals surface area contributed by atoms with Crippen LogP contribution in [-0.2, 0) is 4.74 Å². The average molecular weight is 313 g/mol. The Kier molecular flexibility index (Phi) is 3.30. The Balaban J connectivity index is 2.08. The molecule has 1 fully saturated rings. The van der Waals surface area contributed by atoms with Crippen LogP contribution in [0, 0.1) is 0 Å². The number of thiol groups is 1. The van der Waals surface area contributed by atoms with Crippen LogP contribution in [0.5, 0.6) is 0 Å². The third-order valence-electron chi connectivity index (χ3n) is 3.63. The number of fused-ring (bicyclic) bond motifs is 1. The van der Waals surface area contributed by atoms with Crippen molar-refractivity contribution in [2.75, 3.05) is 5.73 Å². The molecule has 0 saturated carbocycles. The number of aliphatic hydroxyl groups is 3. The molecule has 0 aromatic carbocycles. The first-order valence-corrected chi connectivity index (χ1v) is 6.70. The molecule has 5 unspecified atom stereocenters. The first-order valence-electron chi connectivity index (χ1n) is 6.19. The zero-order valence-corrected chi connectivity index (χ0v) is 11.9. The zero-order valence-electron chi connectivity index (χ0n) is 11.0. The predicted molar refractivity (Wildman–Crippen MR) is 75.3 cm³/mol. The number of hydrogen-bond acceptors (Lipinski definition) is 9. The molecule has 1 aliphatic rings. The van der Waals surface area contributed by atoms with Crippen LogP contribution in [-0.4, -0.2) is 58.1 Å². The van der Waals surface area contributed by atoms with Gasteiger partial charge in [0.25, 0.3) is 0 Å². The number of nitrogens with two attached hydrogens (primary N) is 1. The van der Waals surface area contributed by atoms with Crippen LogP contribution in [0.25, 0.3) is 11.2 Å². The van der Waals surface area contributed by atoms with Gasteiger partial charge in [-0.05, 0) is 6.92 Å². The Morgan fingerprint density at radius 3 is 2.81 bits per heavy atom. The van der Waals surface area contributed by atoms with Crippen LogP contribution < -0.4 is 5.73 Å². The minimum atomic E-state index is -1.66. The summed E-state index contributed by atoms with van der Waals surface area (Å²) in [5, 5.41) is 30.1. The molecule has 5 N–H and O–H groups in total. The number of rotatable bonds is 2. The van der Waals surface area contributed by atoms with E-state index in [0.29, 0.717) is 11.2 Å². The van der Waals surface area contributed by atoms with E-state index in [-0.39, 0.29) is 5.82 Å². The van der Waals surface area contributed by atoms with Gasteiger partial charge in [0.1, 0.15) is 35.1 Å². The monoisotopic (exact) mass is 313 g/mol. The second-order valence-electron chi connectivity index (χ2n) is 5.12. The van der Waals surface area contributed by atoms with Crippen LogP contribution >= 0.6 is 12.6 Å². The second-order valence-corrected chi connectivity index (χ2v) is 5.65. The third kappa shape index (κ3) is 2.07. The van der Waals surface area contributed by atoms with Crippen LogP contribution in [0.2, 0.25) is 0 Å². The average Bonchev–Trinajstić information content (AvgIpc) is 2.92. The highest BCUT2D eigenvalue weighted by molar-refractivity contribution is 7.80. The van der Waals surface area contributed by atoms with Gasteiger partial charge in [-0.2, -0.15) is 0 Å². The highest BCUT2D eigenvalue weighted by Gasteiger charge is 2.55. The minimum Gasteiger partial charge on any atom is -0.387 e. The van der Waals surface area contributed by atoms with Gasteiger partial charge < -0.3 is 25.8 Å². The van der Waals surface area contributed by atoms with Gasteiger partial charge in [0.15, 0.2) is 17.7 Å². The molecule has 1 aliphatic heterocycles. The molecule has 10 heteroatoms. The Bertz CT molecular complexity index is 676. The summed E-state index contributed by atoms with van der Waals surface area (Å²) < 4.78 is 6.98. The van der Waals surface area contributed by atoms with E-state index < -0.39 is 29.5 Å². The van der Waals surface area contributed by atoms with Crippen LogP contribution in [0.1, 0.15) is 13.2 Å². The summed E-state index contributed by atoms with van der Waals surface area (Å²) in [6.07, 6.45) is -0.731. The number of aliphatic hydroxyl groups excluding tert-OH is 2. The molecule has 2 aromatic rings. The fourth-order valence-corrected chi connectivity index (χ4v) is 2.70. The summed E-state index contributed by atoms with van der Waals surface area (Å²) in [4.78, 5) is 12.0. The standard InChI is InChI=1S/C11H15N5O4S/c1-11(19)6(17)5(9(18)21)20-10(11)16-3-15-4-7(12)13-2-14-8(4)16/h2-3,5-6,9-10,17-19,21H,1H3,(H2,12,13,14). The quantitative estimate of drug-likeness (QED) is 0.339. The fraction of sp³-hybridized carbons (Fsp3) is 0.545. The first-order chi connectivity index (χ1) is 9.84. The van der Waals surface area contributed by atoms with Crippen molar-refractivity contribution >= 4 is 29.6 Å². The fourth-order valence-electron chi connectivity index (χ4n) is 2.46. The van der Waals surface area contributed by atoms with Crippen molar-refractivity contribution in [1.29, 1.82) is 0 Å². The van der Waals surface area contributed by atoms with E-state index in [9.17, 15) is 15.3 Å².